The number of hydrazine groups is 1. The second-order valence-electron chi connectivity index (χ2n) is 10.1. The number of nitrogens with zero attached hydrogens (tertiary/aromatic N) is 3. The zero-order chi connectivity index (χ0) is 30.9. The van der Waals surface area contributed by atoms with Gasteiger partial charge in [0.05, 0.1) is 28.4 Å². The average molecular weight is 592 g/mol. The van der Waals surface area contributed by atoms with Crippen LogP contribution in [-0.2, 0) is 30.3 Å². The fourth-order valence-electron chi connectivity index (χ4n) is 6.08. The van der Waals surface area contributed by atoms with Gasteiger partial charge in [-0.25, -0.2) is 9.59 Å². The second kappa shape index (κ2) is 11.2. The van der Waals surface area contributed by atoms with E-state index in [9.17, 15) is 9.59 Å². The molecule has 0 saturated heterocycles. The minimum absolute atomic E-state index is 0.0112. The Morgan fingerprint density at radius 1 is 0.682 bits per heavy atom. The lowest BCUT2D eigenvalue weighted by molar-refractivity contribution is -0.567. The molecule has 2 aliphatic heterocycles. The molecule has 1 N–H and O–H groups in total. The summed E-state index contributed by atoms with van der Waals surface area (Å²) in [6, 6.07) is 33.5. The number of rotatable bonds is 8. The molecule has 222 valence electrons. The highest BCUT2D eigenvalue weighted by molar-refractivity contribution is 6.07. The number of nitrogens with one attached hydrogen (secondary N) is 1. The van der Waals surface area contributed by atoms with Gasteiger partial charge in [-0.1, -0.05) is 60.7 Å². The van der Waals surface area contributed by atoms with E-state index in [0.29, 0.717) is 34.0 Å². The van der Waals surface area contributed by atoms with Crippen LogP contribution in [0.25, 0.3) is 0 Å². The first kappa shape index (κ1) is 28.5. The molecule has 0 radical (unpaired) electrons. The van der Waals surface area contributed by atoms with E-state index in [1.54, 1.807) is 36.1 Å². The van der Waals surface area contributed by atoms with E-state index in [1.807, 2.05) is 97.1 Å². The molecule has 4 aromatic rings. The number of carbonyl (C=O) groups excluding carboxylic acids is 2. The Kier molecular flexibility index (Phi) is 7.26. The summed E-state index contributed by atoms with van der Waals surface area (Å²) in [5, 5.41) is 5.38. The number of ether oxygens (including phenoxy) is 4. The van der Waals surface area contributed by atoms with Crippen LogP contribution in [0, 0.1) is 0 Å². The van der Waals surface area contributed by atoms with Crippen molar-refractivity contribution in [2.45, 2.75) is 11.2 Å². The first-order valence-electron chi connectivity index (χ1n) is 13.9. The lowest BCUT2D eigenvalue weighted by atomic mass is 9.72. The molecule has 0 amide bonds. The van der Waals surface area contributed by atoms with Crippen LogP contribution >= 0.6 is 0 Å². The minimum Gasteiger partial charge on any atom is -0.497 e. The van der Waals surface area contributed by atoms with Crippen molar-refractivity contribution in [3.63, 3.8) is 0 Å². The molecule has 0 aromatic heterocycles. The molecule has 6 rings (SSSR count). The Morgan fingerprint density at radius 3 is 1.73 bits per heavy atom. The van der Waals surface area contributed by atoms with Gasteiger partial charge in [0.15, 0.2) is 0 Å². The maximum Gasteiger partial charge on any atom is 0.355 e. The Morgan fingerprint density at radius 2 is 1.20 bits per heavy atom. The van der Waals surface area contributed by atoms with Gasteiger partial charge in [0, 0.05) is 33.3 Å². The summed E-state index contributed by atoms with van der Waals surface area (Å²) in [5.41, 5.74) is 3.21. The van der Waals surface area contributed by atoms with Crippen LogP contribution in [0.15, 0.2) is 126 Å². The Balaban J connectivity index is 1.79. The van der Waals surface area contributed by atoms with Crippen LogP contribution in [0.3, 0.4) is 0 Å². The van der Waals surface area contributed by atoms with E-state index < -0.39 is 23.1 Å². The molecular weight excluding hydrogens is 560 g/mol. The topological polar surface area (TPSA) is 102 Å². The quantitative estimate of drug-likeness (QED) is 0.221. The molecular formula is C34H31N4O6+. The number of anilines is 1. The van der Waals surface area contributed by atoms with Gasteiger partial charge in [0.2, 0.25) is 5.54 Å². The number of methoxy groups -OCH3 is 4. The van der Waals surface area contributed by atoms with Crippen molar-refractivity contribution in [1.82, 2.24) is 5.43 Å². The molecule has 0 saturated carbocycles. The maximum atomic E-state index is 14.1. The van der Waals surface area contributed by atoms with E-state index in [-0.39, 0.29) is 11.3 Å². The van der Waals surface area contributed by atoms with Gasteiger partial charge >= 0.3 is 11.9 Å². The number of hydrogen-bond donors (Lipinski definition) is 1. The summed E-state index contributed by atoms with van der Waals surface area (Å²) in [6.45, 7) is 0. The van der Waals surface area contributed by atoms with E-state index in [4.69, 9.17) is 24.1 Å². The Hall–Kier alpha value is -5.64. The van der Waals surface area contributed by atoms with E-state index in [0.717, 1.165) is 0 Å². The van der Waals surface area contributed by atoms with Crippen LogP contribution in [0.2, 0.25) is 0 Å². The van der Waals surface area contributed by atoms with Gasteiger partial charge in [-0.05, 0) is 42.0 Å². The first-order valence-corrected chi connectivity index (χ1v) is 13.9. The van der Waals surface area contributed by atoms with Crippen LogP contribution in [-0.4, -0.2) is 45.2 Å². The monoisotopic (exact) mass is 591 g/mol. The first-order chi connectivity index (χ1) is 21.4. The summed E-state index contributed by atoms with van der Waals surface area (Å²) >= 11 is 0. The van der Waals surface area contributed by atoms with E-state index in [2.05, 4.69) is 5.43 Å². The standard InChI is InChI=1S/C34H31N4O6/c1-41-27-19-15-25(16-20-27)37-30(32(40)44-4)29(31(39)43-3)33(23-11-7-5-8-12-23)34(37,24-13-9-6-10-14-24)36-38(35-33)26-17-21-28(42-2)22-18-26/h5-22H,1-4H3,(H,35,36)/q+1/t33-,34+/m0/s1. The summed E-state index contributed by atoms with van der Waals surface area (Å²) in [7, 11) is 5.75. The lowest BCUT2D eigenvalue weighted by Gasteiger charge is -2.40. The average Bonchev–Trinajstić information content (AvgIpc) is 3.57. The van der Waals surface area contributed by atoms with Crippen molar-refractivity contribution >= 4 is 23.3 Å². The number of hydrogen-bond acceptors (Lipinski definition) is 9. The normalized spacial score (nSPS) is 20.4. The van der Waals surface area contributed by atoms with Gasteiger partial charge in [-0.2, -0.15) is 0 Å². The molecule has 44 heavy (non-hydrogen) atoms. The molecule has 10 nitrogen and oxygen atoms in total. The van der Waals surface area contributed by atoms with Crippen LogP contribution in [0.1, 0.15) is 11.1 Å². The lowest BCUT2D eigenvalue weighted by Crippen LogP contribution is -2.58. The predicted molar refractivity (Wildman–Crippen MR) is 161 cm³/mol. The van der Waals surface area contributed by atoms with E-state index >= 15 is 0 Å². The van der Waals surface area contributed by atoms with Crippen molar-refractivity contribution in [1.29, 1.82) is 0 Å². The van der Waals surface area contributed by atoms with Crippen LogP contribution < -0.4 is 19.8 Å². The Labute approximate surface area is 254 Å². The molecule has 2 atom stereocenters. The van der Waals surface area contributed by atoms with Gasteiger partial charge < -0.3 is 18.9 Å². The number of benzene rings is 4. The van der Waals surface area contributed by atoms with Crippen molar-refractivity contribution in [2.24, 2.45) is 5.11 Å². The van der Waals surface area contributed by atoms with Gasteiger partial charge in [0.1, 0.15) is 22.8 Å². The smallest absolute Gasteiger partial charge is 0.355 e. The third-order valence-electron chi connectivity index (χ3n) is 8.00. The fraction of sp³-hybridized carbons (Fsp3) is 0.176. The molecule has 0 bridgehead atoms. The molecule has 4 aromatic carbocycles. The third-order valence-corrected chi connectivity index (χ3v) is 8.00. The summed E-state index contributed by atoms with van der Waals surface area (Å²) in [4.78, 5) is 31.4. The molecule has 2 heterocycles. The molecule has 0 spiro atoms. The molecule has 2 aliphatic rings. The highest BCUT2D eigenvalue weighted by atomic mass is 16.5. The summed E-state index contributed by atoms with van der Waals surface area (Å²) in [6.07, 6.45) is 0. The molecule has 10 heteroatoms. The summed E-state index contributed by atoms with van der Waals surface area (Å²) in [5.74, 6) is -0.153. The van der Waals surface area contributed by atoms with Gasteiger partial charge in [0.25, 0.3) is 11.4 Å². The largest absolute Gasteiger partial charge is 0.497 e. The number of esters is 2. The van der Waals surface area contributed by atoms with Crippen LogP contribution in [0.5, 0.6) is 11.5 Å². The Bertz CT molecular complexity index is 1760. The predicted octanol–water partition coefficient (Wildman–Crippen LogP) is 5.19. The second-order valence-corrected chi connectivity index (χ2v) is 10.1. The highest BCUT2D eigenvalue weighted by Gasteiger charge is 2.77. The number of fused-ring (bicyclic) bond motifs is 1. The van der Waals surface area contributed by atoms with Gasteiger partial charge in [-0.15, -0.1) is 5.43 Å². The minimum atomic E-state index is -1.49. The van der Waals surface area contributed by atoms with Crippen LogP contribution in [0.4, 0.5) is 11.4 Å². The maximum absolute atomic E-state index is 14.1. The van der Waals surface area contributed by atoms with Crippen molar-refractivity contribution in [3.05, 3.63) is 132 Å². The van der Waals surface area contributed by atoms with Crippen molar-refractivity contribution in [2.75, 3.05) is 33.3 Å². The van der Waals surface area contributed by atoms with E-state index in [1.165, 1.54) is 14.2 Å². The highest BCUT2D eigenvalue weighted by Crippen LogP contribution is 2.62. The van der Waals surface area contributed by atoms with Crippen molar-refractivity contribution in [3.8, 4) is 11.5 Å². The van der Waals surface area contributed by atoms with Gasteiger partial charge in [-0.3, -0.25) is 4.90 Å². The molecule has 0 fully saturated rings. The zero-order valence-electron chi connectivity index (χ0n) is 24.7. The third kappa shape index (κ3) is 4.10. The molecule has 0 aliphatic carbocycles. The number of azo groups is 1. The fourth-order valence-corrected chi connectivity index (χ4v) is 6.08. The number of carbonyl (C=O) groups is 2. The summed E-state index contributed by atoms with van der Waals surface area (Å²) < 4.78 is 21.6. The SMILES string of the molecule is COC(=O)C1=C(C(=O)OC)[C@]2(c3ccccc3)N[N+](c3ccc(OC)cc3)=N[C@]2(c2ccccc2)N1c1ccc(OC)cc1. The molecule has 0 unspecified atom stereocenters. The van der Waals surface area contributed by atoms with Crippen molar-refractivity contribution < 1.29 is 33.3 Å². The zero-order valence-corrected chi connectivity index (χ0v) is 24.7.